The van der Waals surface area contributed by atoms with Crippen molar-refractivity contribution >= 4 is 54.8 Å². The number of halogens is 1. The van der Waals surface area contributed by atoms with E-state index in [1.807, 2.05) is 80.6 Å². The largest absolute Gasteiger partial charge is 0.494 e. The Morgan fingerprint density at radius 1 is 0.907 bits per heavy atom. The van der Waals surface area contributed by atoms with E-state index < -0.39 is 21.4 Å². The van der Waals surface area contributed by atoms with Crippen molar-refractivity contribution in [2.45, 2.75) is 26.7 Å². The molecule has 222 valence electrons. The molecule has 0 unspecified atom stereocenters. The summed E-state index contributed by atoms with van der Waals surface area (Å²) in [6, 6.07) is 24.3. The number of ether oxygens (including phenoxy) is 1. The van der Waals surface area contributed by atoms with E-state index in [0.717, 1.165) is 49.1 Å². The first-order valence-corrected chi connectivity index (χ1v) is 16.3. The summed E-state index contributed by atoms with van der Waals surface area (Å²) >= 11 is 6.26. The Kier molecular flexibility index (Phi) is 9.18. The van der Waals surface area contributed by atoms with Crippen LogP contribution < -0.4 is 10.1 Å². The minimum atomic E-state index is -3.79. The first-order chi connectivity index (χ1) is 20.6. The summed E-state index contributed by atoms with van der Waals surface area (Å²) in [5, 5.41) is 6.19. The maximum Gasteiger partial charge on any atom is 0.251 e. The number of carbonyl (C=O) groups is 2. The topological polar surface area (TPSA) is 105 Å². The fourth-order valence-corrected chi connectivity index (χ4v) is 6.43. The molecule has 0 saturated heterocycles. The summed E-state index contributed by atoms with van der Waals surface area (Å²) in [6.07, 6.45) is 1.15. The molecule has 0 radical (unpaired) electrons. The molecule has 0 saturated carbocycles. The second-order valence-electron chi connectivity index (χ2n) is 10.7. The molecule has 1 heterocycles. The van der Waals surface area contributed by atoms with E-state index in [1.165, 1.54) is 0 Å². The van der Waals surface area contributed by atoms with Gasteiger partial charge in [0.1, 0.15) is 11.5 Å². The number of carbonyl (C=O) groups excluding carboxylic acids is 2. The van der Waals surface area contributed by atoms with Crippen molar-refractivity contribution in [1.82, 2.24) is 10.3 Å². The van der Waals surface area contributed by atoms with Crippen LogP contribution >= 0.6 is 11.6 Å². The molecule has 2 N–H and O–H groups in total. The van der Waals surface area contributed by atoms with Crippen LogP contribution in [0.4, 0.5) is 0 Å². The summed E-state index contributed by atoms with van der Waals surface area (Å²) in [5.41, 5.74) is 4.16. The summed E-state index contributed by atoms with van der Waals surface area (Å²) in [4.78, 5) is 29.1. The third-order valence-corrected chi connectivity index (χ3v) is 9.53. The highest BCUT2D eigenvalue weighted by Crippen LogP contribution is 2.27. The molecular weight excluding hydrogens is 584 g/mol. The maximum atomic E-state index is 13.3. The summed E-state index contributed by atoms with van der Waals surface area (Å²) in [7, 11) is -3.79. The van der Waals surface area contributed by atoms with Gasteiger partial charge < -0.3 is 15.0 Å². The number of nitrogens with one attached hydrogen (secondary N) is 2. The molecule has 0 aliphatic carbocycles. The minimum Gasteiger partial charge on any atom is -0.494 e. The van der Waals surface area contributed by atoms with Crippen molar-refractivity contribution < 1.29 is 22.7 Å². The number of fused-ring (bicyclic) bond motifs is 2. The molecule has 0 bridgehead atoms. The molecule has 5 aromatic rings. The van der Waals surface area contributed by atoms with Crippen molar-refractivity contribution in [2.24, 2.45) is 0 Å². The number of Topliss-reactive ketones (excluding diaryl/α,β-unsaturated/α-hetero) is 1. The highest BCUT2D eigenvalue weighted by molar-refractivity contribution is 7.92. The van der Waals surface area contributed by atoms with E-state index in [2.05, 4.69) is 10.3 Å². The summed E-state index contributed by atoms with van der Waals surface area (Å²) in [5.74, 6) is -1.14. The van der Waals surface area contributed by atoms with E-state index in [0.29, 0.717) is 30.7 Å². The Hall–Kier alpha value is -4.14. The number of aromatic nitrogens is 1. The highest BCUT2D eigenvalue weighted by atomic mass is 35.5. The molecule has 0 spiro atoms. The fourth-order valence-electron chi connectivity index (χ4n) is 5.22. The molecule has 0 fully saturated rings. The number of aromatic amines is 1. The highest BCUT2D eigenvalue weighted by Gasteiger charge is 2.23. The van der Waals surface area contributed by atoms with Gasteiger partial charge in [-0.2, -0.15) is 0 Å². The number of H-pyrrole nitrogens is 1. The molecule has 4 aromatic carbocycles. The van der Waals surface area contributed by atoms with Gasteiger partial charge >= 0.3 is 0 Å². The van der Waals surface area contributed by atoms with Crippen molar-refractivity contribution in [3.05, 3.63) is 112 Å². The number of sulfone groups is 1. The van der Waals surface area contributed by atoms with Crippen LogP contribution in [0.1, 0.15) is 44.0 Å². The second kappa shape index (κ2) is 13.0. The number of hydrogen-bond acceptors (Lipinski definition) is 5. The van der Waals surface area contributed by atoms with E-state index in [1.54, 1.807) is 12.1 Å². The Morgan fingerprint density at radius 3 is 2.37 bits per heavy atom. The lowest BCUT2D eigenvalue weighted by Gasteiger charge is -2.11. The lowest BCUT2D eigenvalue weighted by Crippen LogP contribution is -2.31. The summed E-state index contributed by atoms with van der Waals surface area (Å²) in [6.45, 7) is 4.18. The van der Waals surface area contributed by atoms with Crippen molar-refractivity contribution in [1.29, 1.82) is 0 Å². The molecule has 43 heavy (non-hydrogen) atoms. The van der Waals surface area contributed by atoms with Crippen LogP contribution in [0.5, 0.6) is 5.75 Å². The molecule has 1 amide bonds. The van der Waals surface area contributed by atoms with Gasteiger partial charge in [0.25, 0.3) is 5.91 Å². The average molecular weight is 617 g/mol. The van der Waals surface area contributed by atoms with Crippen LogP contribution in [-0.4, -0.2) is 49.7 Å². The normalized spacial score (nSPS) is 11.6. The fraction of sp³-hybridized carbons (Fsp3) is 0.235. The van der Waals surface area contributed by atoms with Gasteiger partial charge in [-0.25, -0.2) is 8.42 Å². The van der Waals surface area contributed by atoms with Gasteiger partial charge in [0.15, 0.2) is 15.6 Å². The van der Waals surface area contributed by atoms with Crippen LogP contribution in [0.25, 0.3) is 21.7 Å². The van der Waals surface area contributed by atoms with Crippen LogP contribution in [0.15, 0.2) is 78.9 Å². The van der Waals surface area contributed by atoms with E-state index in [-0.39, 0.29) is 18.2 Å². The number of para-hydroxylation sites is 1. The zero-order valence-electron chi connectivity index (χ0n) is 24.1. The molecule has 0 aliphatic rings. The number of rotatable bonds is 12. The van der Waals surface area contributed by atoms with E-state index >= 15 is 0 Å². The Bertz CT molecular complexity index is 1910. The first kappa shape index (κ1) is 30.3. The first-order valence-electron chi connectivity index (χ1n) is 14.1. The minimum absolute atomic E-state index is 0.0954. The average Bonchev–Trinajstić information content (AvgIpc) is 3.36. The van der Waals surface area contributed by atoms with Gasteiger partial charge in [-0.05, 0) is 84.5 Å². The molecule has 7 nitrogen and oxygen atoms in total. The van der Waals surface area contributed by atoms with Crippen molar-refractivity contribution in [3.63, 3.8) is 0 Å². The maximum absolute atomic E-state index is 13.3. The molecule has 1 aromatic heterocycles. The second-order valence-corrected chi connectivity index (χ2v) is 13.2. The third-order valence-electron chi connectivity index (χ3n) is 7.40. The quantitative estimate of drug-likeness (QED) is 0.121. The number of amides is 1. The molecule has 0 aliphatic heterocycles. The van der Waals surface area contributed by atoms with E-state index in [9.17, 15) is 18.0 Å². The molecule has 5 rings (SSSR count). The van der Waals surface area contributed by atoms with Crippen LogP contribution in [0, 0.1) is 13.8 Å². The van der Waals surface area contributed by atoms with Crippen LogP contribution in [0.3, 0.4) is 0 Å². The van der Waals surface area contributed by atoms with Crippen LogP contribution in [-0.2, 0) is 16.3 Å². The van der Waals surface area contributed by atoms with Gasteiger partial charge in [0.05, 0.1) is 18.1 Å². The van der Waals surface area contributed by atoms with Crippen molar-refractivity contribution in [2.75, 3.05) is 24.7 Å². The Morgan fingerprint density at radius 2 is 1.60 bits per heavy atom. The number of ketones is 1. The van der Waals surface area contributed by atoms with Gasteiger partial charge in [0.2, 0.25) is 0 Å². The third kappa shape index (κ3) is 7.27. The standard InChI is InChI=1S/C34H33ClN2O5S/c1-22-18-27(19-23(2)32(22)35)42-16-7-11-29-28-10-5-6-12-30(28)37-33(29)31(38)21-43(40,41)17-15-36-34(39)26-14-13-24-8-3-4-9-25(24)20-26/h3-6,8-10,12-14,18-20,37H,7,11,15-17,21H2,1-2H3,(H,36,39). The number of aryl methyl sites for hydroxylation is 3. The zero-order valence-corrected chi connectivity index (χ0v) is 25.6. The molecule has 9 heteroatoms. The molecule has 0 atom stereocenters. The smallest absolute Gasteiger partial charge is 0.251 e. The monoisotopic (exact) mass is 616 g/mol. The SMILES string of the molecule is Cc1cc(OCCCc2c(C(=O)CS(=O)(=O)CCNC(=O)c3ccc4ccccc4c3)[nH]c3ccccc23)cc(C)c1Cl. The van der Waals surface area contributed by atoms with E-state index in [4.69, 9.17) is 16.3 Å². The predicted octanol–water partition coefficient (Wildman–Crippen LogP) is 6.63. The Balaban J connectivity index is 1.20. The van der Waals surface area contributed by atoms with Gasteiger partial charge in [-0.1, -0.05) is 60.1 Å². The van der Waals surface area contributed by atoms with Crippen molar-refractivity contribution in [3.8, 4) is 5.75 Å². The zero-order chi connectivity index (χ0) is 30.6. The molecular formula is C34H33ClN2O5S. The van der Waals surface area contributed by atoms with Gasteiger partial charge in [-0.15, -0.1) is 0 Å². The van der Waals surface area contributed by atoms with Gasteiger partial charge in [0, 0.05) is 28.0 Å². The van der Waals surface area contributed by atoms with Crippen LogP contribution in [0.2, 0.25) is 5.02 Å². The lowest BCUT2D eigenvalue weighted by molar-refractivity contribution is 0.0955. The number of hydrogen-bond donors (Lipinski definition) is 2. The summed E-state index contributed by atoms with van der Waals surface area (Å²) < 4.78 is 31.8. The predicted molar refractivity (Wildman–Crippen MR) is 172 cm³/mol. The number of benzene rings is 4. The lowest BCUT2D eigenvalue weighted by atomic mass is 10.0. The van der Waals surface area contributed by atoms with Gasteiger partial charge in [-0.3, -0.25) is 9.59 Å². The Labute approximate surface area is 256 Å².